The molecule has 1 N–H and O–H groups in total. The molecule has 0 aliphatic heterocycles. The van der Waals surface area contributed by atoms with Crippen molar-refractivity contribution in [2.45, 2.75) is 19.9 Å². The third-order valence-corrected chi connectivity index (χ3v) is 5.43. The number of halogens is 2. The van der Waals surface area contributed by atoms with Crippen LogP contribution in [0.2, 0.25) is 5.02 Å². The van der Waals surface area contributed by atoms with Crippen molar-refractivity contribution in [2.75, 3.05) is 15.9 Å². The van der Waals surface area contributed by atoms with Crippen LogP contribution in [0.4, 0.5) is 21.5 Å². The Balaban J connectivity index is 2.43. The molecule has 150 valence electrons. The number of amides is 1. The average molecular weight is 430 g/mol. The van der Waals surface area contributed by atoms with Gasteiger partial charge in [0.15, 0.2) is 0 Å². The second kappa shape index (κ2) is 8.11. The largest absolute Gasteiger partial charge is 0.324 e. The van der Waals surface area contributed by atoms with Crippen molar-refractivity contribution in [3.63, 3.8) is 0 Å². The normalized spacial score (nSPS) is 12.3. The smallest absolute Gasteiger partial charge is 0.271 e. The number of rotatable bonds is 6. The first-order valence-corrected chi connectivity index (χ1v) is 10.1. The number of non-ortho nitro benzene ring substituents is 1. The van der Waals surface area contributed by atoms with Crippen molar-refractivity contribution in [3.8, 4) is 0 Å². The molecule has 0 unspecified atom stereocenters. The maximum atomic E-state index is 13.3. The van der Waals surface area contributed by atoms with Crippen LogP contribution in [0.3, 0.4) is 0 Å². The summed E-state index contributed by atoms with van der Waals surface area (Å²) in [5.74, 6) is -1.39. The summed E-state index contributed by atoms with van der Waals surface area (Å²) in [4.78, 5) is 23.0. The van der Waals surface area contributed by atoms with Crippen molar-refractivity contribution < 1.29 is 22.5 Å². The van der Waals surface area contributed by atoms with E-state index in [1.807, 2.05) is 0 Å². The number of nitrogens with zero attached hydrogens (tertiary/aromatic N) is 2. The fraction of sp³-hybridized carbons (Fsp3) is 0.235. The number of sulfonamides is 1. The van der Waals surface area contributed by atoms with Crippen molar-refractivity contribution in [2.24, 2.45) is 0 Å². The van der Waals surface area contributed by atoms with Crippen LogP contribution in [0.15, 0.2) is 36.4 Å². The highest BCUT2D eigenvalue weighted by atomic mass is 35.5. The Morgan fingerprint density at radius 1 is 1.29 bits per heavy atom. The summed E-state index contributed by atoms with van der Waals surface area (Å²) in [6.45, 7) is 2.90. The Morgan fingerprint density at radius 2 is 1.93 bits per heavy atom. The number of nitro groups is 1. The van der Waals surface area contributed by atoms with Crippen LogP contribution in [0.1, 0.15) is 12.5 Å². The van der Waals surface area contributed by atoms with Gasteiger partial charge in [-0.2, -0.15) is 0 Å². The molecular formula is C17H17ClFN3O5S. The van der Waals surface area contributed by atoms with Crippen LogP contribution < -0.4 is 9.62 Å². The molecule has 0 saturated heterocycles. The summed E-state index contributed by atoms with van der Waals surface area (Å²) in [6, 6.07) is 6.00. The Hall–Kier alpha value is -2.72. The molecule has 11 heteroatoms. The van der Waals surface area contributed by atoms with Gasteiger partial charge in [-0.15, -0.1) is 0 Å². The maximum Gasteiger partial charge on any atom is 0.271 e. The molecule has 0 aliphatic rings. The standard InChI is InChI=1S/C17H17ClFN3O5S/c1-10-4-6-13(22(24)25)9-16(10)21(28(3,26)27)11(2)17(23)20-12-5-7-15(19)14(18)8-12/h4-9,11H,1-3H3,(H,20,23)/t11-/m0/s1. The van der Waals surface area contributed by atoms with Crippen LogP contribution in [0.5, 0.6) is 0 Å². The fourth-order valence-electron chi connectivity index (χ4n) is 2.55. The van der Waals surface area contributed by atoms with Crippen LogP contribution in [0.25, 0.3) is 0 Å². The number of benzene rings is 2. The van der Waals surface area contributed by atoms with E-state index in [-0.39, 0.29) is 22.1 Å². The summed E-state index contributed by atoms with van der Waals surface area (Å²) in [5.41, 5.74) is 0.302. The van der Waals surface area contributed by atoms with E-state index >= 15 is 0 Å². The summed E-state index contributed by atoms with van der Waals surface area (Å²) in [7, 11) is -3.97. The van der Waals surface area contributed by atoms with E-state index < -0.39 is 32.7 Å². The van der Waals surface area contributed by atoms with Crippen molar-refractivity contribution in [1.82, 2.24) is 0 Å². The van der Waals surface area contributed by atoms with Gasteiger partial charge < -0.3 is 5.32 Å². The quantitative estimate of drug-likeness (QED) is 0.558. The van der Waals surface area contributed by atoms with Crippen LogP contribution in [0, 0.1) is 22.9 Å². The highest BCUT2D eigenvalue weighted by molar-refractivity contribution is 7.92. The van der Waals surface area contributed by atoms with Gasteiger partial charge in [-0.3, -0.25) is 19.2 Å². The molecule has 8 nitrogen and oxygen atoms in total. The van der Waals surface area contributed by atoms with E-state index in [0.717, 1.165) is 22.7 Å². The first kappa shape index (κ1) is 21.6. The van der Waals surface area contributed by atoms with Crippen molar-refractivity contribution in [1.29, 1.82) is 0 Å². The minimum absolute atomic E-state index is 0.0106. The summed E-state index contributed by atoms with van der Waals surface area (Å²) < 4.78 is 38.8. The summed E-state index contributed by atoms with van der Waals surface area (Å²) in [5, 5.41) is 13.3. The second-order valence-corrected chi connectivity index (χ2v) is 8.35. The van der Waals surface area contributed by atoms with Gasteiger partial charge in [0.05, 0.1) is 21.9 Å². The lowest BCUT2D eigenvalue weighted by molar-refractivity contribution is -0.384. The topological polar surface area (TPSA) is 110 Å². The number of nitrogens with one attached hydrogen (secondary N) is 1. The highest BCUT2D eigenvalue weighted by Crippen LogP contribution is 2.29. The Labute approximate surface area is 166 Å². The van der Waals surface area contributed by atoms with Crippen molar-refractivity contribution >= 4 is 44.6 Å². The highest BCUT2D eigenvalue weighted by Gasteiger charge is 2.31. The van der Waals surface area contributed by atoms with Crippen molar-refractivity contribution in [3.05, 3.63) is 62.9 Å². The molecule has 0 spiro atoms. The van der Waals surface area contributed by atoms with Gasteiger partial charge in [0.25, 0.3) is 5.69 Å². The van der Waals surface area contributed by atoms with Gasteiger partial charge >= 0.3 is 0 Å². The average Bonchev–Trinajstić information content (AvgIpc) is 2.58. The molecule has 2 aromatic rings. The Morgan fingerprint density at radius 3 is 2.46 bits per heavy atom. The predicted molar refractivity (Wildman–Crippen MR) is 105 cm³/mol. The molecule has 0 radical (unpaired) electrons. The van der Waals surface area contributed by atoms with E-state index in [0.29, 0.717) is 5.56 Å². The lowest BCUT2D eigenvalue weighted by atomic mass is 10.1. The molecule has 0 fully saturated rings. The number of nitro benzene ring substituents is 1. The van der Waals surface area contributed by atoms with Gasteiger partial charge in [0, 0.05) is 17.8 Å². The molecule has 0 bridgehead atoms. The molecule has 0 saturated carbocycles. The van der Waals surface area contributed by atoms with Crippen LogP contribution in [-0.4, -0.2) is 31.5 Å². The van der Waals surface area contributed by atoms with Gasteiger partial charge in [-0.05, 0) is 37.6 Å². The predicted octanol–water partition coefficient (Wildman–Crippen LogP) is 3.49. The van der Waals surface area contributed by atoms with E-state index in [1.165, 1.54) is 31.2 Å². The number of carbonyl (C=O) groups is 1. The molecule has 0 aliphatic carbocycles. The lowest BCUT2D eigenvalue weighted by Crippen LogP contribution is -2.45. The summed E-state index contributed by atoms with van der Waals surface area (Å²) in [6.07, 6.45) is 0.893. The Kier molecular flexibility index (Phi) is 6.25. The van der Waals surface area contributed by atoms with Gasteiger partial charge in [-0.25, -0.2) is 12.8 Å². The number of anilines is 2. The SMILES string of the molecule is Cc1ccc([N+](=O)[O-])cc1N([C@@H](C)C(=O)Nc1ccc(F)c(Cl)c1)S(C)(=O)=O. The molecule has 2 aromatic carbocycles. The first-order chi connectivity index (χ1) is 12.9. The number of aryl methyl sites for hydroxylation is 1. The third kappa shape index (κ3) is 4.76. The van der Waals surface area contributed by atoms with E-state index in [2.05, 4.69) is 5.32 Å². The summed E-state index contributed by atoms with van der Waals surface area (Å²) >= 11 is 5.68. The van der Waals surface area contributed by atoms with Gasteiger partial charge in [0.2, 0.25) is 15.9 Å². The zero-order valence-electron chi connectivity index (χ0n) is 15.1. The van der Waals surface area contributed by atoms with Crippen LogP contribution in [-0.2, 0) is 14.8 Å². The Bertz CT molecular complexity index is 1050. The van der Waals surface area contributed by atoms with Crippen LogP contribution >= 0.6 is 11.6 Å². The molecule has 2 rings (SSSR count). The number of hydrogen-bond acceptors (Lipinski definition) is 5. The molecule has 1 atom stereocenters. The molecular weight excluding hydrogens is 413 g/mol. The van der Waals surface area contributed by atoms with Gasteiger partial charge in [0.1, 0.15) is 11.9 Å². The maximum absolute atomic E-state index is 13.3. The number of carbonyl (C=O) groups excluding carboxylic acids is 1. The van der Waals surface area contributed by atoms with E-state index in [4.69, 9.17) is 11.6 Å². The zero-order valence-corrected chi connectivity index (χ0v) is 16.7. The molecule has 0 aromatic heterocycles. The zero-order chi connectivity index (χ0) is 21.2. The van der Waals surface area contributed by atoms with E-state index in [9.17, 15) is 27.7 Å². The minimum Gasteiger partial charge on any atom is -0.324 e. The number of hydrogen-bond donors (Lipinski definition) is 1. The molecule has 1 amide bonds. The third-order valence-electron chi connectivity index (χ3n) is 3.92. The second-order valence-electron chi connectivity index (χ2n) is 6.08. The molecule has 28 heavy (non-hydrogen) atoms. The first-order valence-electron chi connectivity index (χ1n) is 7.92. The lowest BCUT2D eigenvalue weighted by Gasteiger charge is -2.29. The molecule has 0 heterocycles. The van der Waals surface area contributed by atoms with Gasteiger partial charge in [-0.1, -0.05) is 17.7 Å². The van der Waals surface area contributed by atoms with E-state index in [1.54, 1.807) is 6.92 Å². The monoisotopic (exact) mass is 429 g/mol. The minimum atomic E-state index is -3.97. The fourth-order valence-corrected chi connectivity index (χ4v) is 3.96.